The topological polar surface area (TPSA) is 80.7 Å². The van der Waals surface area contributed by atoms with E-state index in [4.69, 9.17) is 32.5 Å². The van der Waals surface area contributed by atoms with E-state index < -0.39 is 21.4 Å². The Labute approximate surface area is 152 Å². The number of rotatable bonds is 7. The molecule has 1 aromatic rings. The van der Waals surface area contributed by atoms with Crippen LogP contribution in [0.2, 0.25) is 10.0 Å². The standard InChI is InChI=1S/C14H14Cl2O5S2/c1-3-21-23-14(20)22-12(13(18)19)6-11(17)8-4-9(15)7(2)10(16)5-8/h4-5,12H,3,6H2,1-2H3,(H,18,19). The summed E-state index contributed by atoms with van der Waals surface area (Å²) in [5.74, 6) is -1.71. The van der Waals surface area contributed by atoms with E-state index in [1.807, 2.05) is 0 Å². The van der Waals surface area contributed by atoms with Gasteiger partial charge in [0, 0.05) is 22.0 Å². The third-order valence-electron chi connectivity index (χ3n) is 2.73. The molecule has 1 unspecified atom stereocenters. The Morgan fingerprint density at radius 3 is 2.30 bits per heavy atom. The number of halogens is 2. The highest BCUT2D eigenvalue weighted by atomic mass is 35.5. The average molecular weight is 397 g/mol. The number of thioether (sulfide) groups is 1. The summed E-state index contributed by atoms with van der Waals surface area (Å²) in [7, 11) is 0. The Balaban J connectivity index is 2.82. The van der Waals surface area contributed by atoms with Crippen molar-refractivity contribution >= 4 is 63.2 Å². The quantitative estimate of drug-likeness (QED) is 0.520. The van der Waals surface area contributed by atoms with Gasteiger partial charge in [-0.15, -0.1) is 0 Å². The molecule has 1 rings (SSSR count). The first-order valence-electron chi connectivity index (χ1n) is 6.48. The Hall–Kier alpha value is -0.730. The zero-order chi connectivity index (χ0) is 17.6. The van der Waals surface area contributed by atoms with Gasteiger partial charge in [0.1, 0.15) is 5.25 Å². The molecule has 5 nitrogen and oxygen atoms in total. The van der Waals surface area contributed by atoms with Crippen molar-refractivity contribution in [2.24, 2.45) is 0 Å². The highest BCUT2D eigenvalue weighted by Gasteiger charge is 2.26. The summed E-state index contributed by atoms with van der Waals surface area (Å²) in [6.07, 6.45) is -0.353. The van der Waals surface area contributed by atoms with Gasteiger partial charge in [-0.1, -0.05) is 35.0 Å². The molecule has 0 heterocycles. The summed E-state index contributed by atoms with van der Waals surface area (Å²) in [4.78, 5) is 35.0. The van der Waals surface area contributed by atoms with Crippen molar-refractivity contribution in [3.63, 3.8) is 0 Å². The van der Waals surface area contributed by atoms with Crippen LogP contribution in [0.4, 0.5) is 4.79 Å². The lowest BCUT2D eigenvalue weighted by Crippen LogP contribution is -2.21. The summed E-state index contributed by atoms with van der Waals surface area (Å²) < 4.78 is 4.32. The second-order valence-electron chi connectivity index (χ2n) is 4.38. The molecule has 1 N–H and O–H groups in total. The molecule has 0 radical (unpaired) electrons. The molecular weight excluding hydrogens is 383 g/mol. The molecule has 0 aromatic heterocycles. The number of hydrogen-bond donors (Lipinski definition) is 1. The van der Waals surface area contributed by atoms with Crippen molar-refractivity contribution < 1.29 is 23.7 Å². The van der Waals surface area contributed by atoms with E-state index in [0.29, 0.717) is 46.0 Å². The average Bonchev–Trinajstić information content (AvgIpc) is 2.49. The maximum absolute atomic E-state index is 12.2. The van der Waals surface area contributed by atoms with Gasteiger partial charge in [-0.25, -0.2) is 0 Å². The van der Waals surface area contributed by atoms with Crippen LogP contribution in [0.15, 0.2) is 12.1 Å². The number of carbonyl (C=O) groups excluding carboxylic acids is 2. The second-order valence-corrected chi connectivity index (χ2v) is 7.40. The van der Waals surface area contributed by atoms with Crippen LogP contribution in [0.5, 0.6) is 0 Å². The maximum Gasteiger partial charge on any atom is 0.317 e. The van der Waals surface area contributed by atoms with Gasteiger partial charge < -0.3 is 9.29 Å². The molecular formula is C14H14Cl2O5S2. The first-order valence-corrected chi connectivity index (χ1v) is 8.85. The summed E-state index contributed by atoms with van der Waals surface area (Å²) in [5.41, 5.74) is 0.847. The molecule has 0 aliphatic carbocycles. The summed E-state index contributed by atoms with van der Waals surface area (Å²) in [6.45, 7) is 3.72. The largest absolute Gasteiger partial charge is 0.480 e. The van der Waals surface area contributed by atoms with Gasteiger partial charge >= 0.3 is 5.97 Å². The zero-order valence-electron chi connectivity index (χ0n) is 12.3. The van der Waals surface area contributed by atoms with Gasteiger partial charge in [-0.2, -0.15) is 0 Å². The normalized spacial score (nSPS) is 12.0. The molecule has 0 aliphatic heterocycles. The Bertz CT molecular complexity index is 598. The lowest BCUT2D eigenvalue weighted by molar-refractivity contribution is -0.136. The molecule has 1 atom stereocenters. The van der Waals surface area contributed by atoms with Gasteiger partial charge in [-0.3, -0.25) is 14.4 Å². The molecule has 126 valence electrons. The molecule has 0 saturated heterocycles. The highest BCUT2D eigenvalue weighted by molar-refractivity contribution is 8.37. The van der Waals surface area contributed by atoms with Gasteiger partial charge in [0.25, 0.3) is 4.45 Å². The van der Waals surface area contributed by atoms with Crippen LogP contribution in [-0.2, 0) is 8.98 Å². The number of carbonyl (C=O) groups is 3. The smallest absolute Gasteiger partial charge is 0.317 e. The lowest BCUT2D eigenvalue weighted by atomic mass is 10.0. The van der Waals surface area contributed by atoms with E-state index in [0.717, 1.165) is 0 Å². The van der Waals surface area contributed by atoms with Crippen LogP contribution in [0, 0.1) is 6.92 Å². The minimum Gasteiger partial charge on any atom is -0.480 e. The summed E-state index contributed by atoms with van der Waals surface area (Å²) in [5, 5.41) is 8.61. The van der Waals surface area contributed by atoms with Crippen LogP contribution >= 0.6 is 47.0 Å². The number of benzene rings is 1. The number of ketones is 1. The van der Waals surface area contributed by atoms with Crippen molar-refractivity contribution in [2.75, 3.05) is 6.61 Å². The van der Waals surface area contributed by atoms with Gasteiger partial charge in [-0.05, 0) is 31.5 Å². The zero-order valence-corrected chi connectivity index (χ0v) is 15.4. The van der Waals surface area contributed by atoms with Crippen molar-refractivity contribution in [2.45, 2.75) is 25.5 Å². The molecule has 0 fully saturated rings. The van der Waals surface area contributed by atoms with Gasteiger partial charge in [0.15, 0.2) is 5.78 Å². The number of carboxylic acids is 1. The maximum atomic E-state index is 12.2. The number of carboxylic acid groups (broad SMARTS) is 1. The van der Waals surface area contributed by atoms with E-state index in [9.17, 15) is 14.4 Å². The van der Waals surface area contributed by atoms with Gasteiger partial charge in [0.05, 0.1) is 18.6 Å². The van der Waals surface area contributed by atoms with Crippen molar-refractivity contribution in [3.8, 4) is 0 Å². The first kappa shape index (κ1) is 20.3. The molecule has 1 aromatic carbocycles. The number of hydrogen-bond acceptors (Lipinski definition) is 6. The van der Waals surface area contributed by atoms with Crippen LogP contribution in [0.1, 0.15) is 29.3 Å². The SMILES string of the molecule is CCOSC(=O)SC(CC(=O)c1cc(Cl)c(C)c(Cl)c1)C(=O)O. The Kier molecular flexibility index (Phi) is 8.42. The fourth-order valence-corrected chi connectivity index (χ4v) is 3.43. The monoisotopic (exact) mass is 396 g/mol. The van der Waals surface area contributed by atoms with E-state index in [1.54, 1.807) is 13.8 Å². The molecule has 0 spiro atoms. The molecule has 0 amide bonds. The van der Waals surface area contributed by atoms with Crippen LogP contribution in [-0.4, -0.2) is 33.2 Å². The molecule has 0 saturated carbocycles. The minimum absolute atomic E-state index is 0.211. The third kappa shape index (κ3) is 6.35. The van der Waals surface area contributed by atoms with Crippen LogP contribution < -0.4 is 0 Å². The summed E-state index contributed by atoms with van der Waals surface area (Å²) in [6, 6.07) is 2.87. The van der Waals surface area contributed by atoms with E-state index >= 15 is 0 Å². The van der Waals surface area contributed by atoms with E-state index in [2.05, 4.69) is 0 Å². The molecule has 9 heteroatoms. The van der Waals surface area contributed by atoms with Crippen LogP contribution in [0.25, 0.3) is 0 Å². The number of aliphatic carboxylic acids is 1. The molecule has 0 bridgehead atoms. The van der Waals surface area contributed by atoms with E-state index in [-0.39, 0.29) is 12.0 Å². The number of Topliss-reactive ketones (excluding diaryl/α,β-unsaturated/α-hetero) is 1. The highest BCUT2D eigenvalue weighted by Crippen LogP contribution is 2.29. The second kappa shape index (κ2) is 9.54. The van der Waals surface area contributed by atoms with Crippen molar-refractivity contribution in [1.82, 2.24) is 0 Å². The predicted molar refractivity (Wildman–Crippen MR) is 93.8 cm³/mol. The Morgan fingerprint density at radius 1 is 1.26 bits per heavy atom. The Morgan fingerprint density at radius 2 is 1.83 bits per heavy atom. The predicted octanol–water partition coefficient (Wildman–Crippen LogP) is 4.87. The first-order chi connectivity index (χ1) is 10.8. The van der Waals surface area contributed by atoms with Crippen molar-refractivity contribution in [3.05, 3.63) is 33.3 Å². The van der Waals surface area contributed by atoms with Crippen molar-refractivity contribution in [1.29, 1.82) is 0 Å². The minimum atomic E-state index is -1.25. The third-order valence-corrected chi connectivity index (χ3v) is 5.35. The van der Waals surface area contributed by atoms with Crippen LogP contribution in [0.3, 0.4) is 0 Å². The fraction of sp³-hybridized carbons (Fsp3) is 0.357. The fourth-order valence-electron chi connectivity index (χ4n) is 1.51. The molecule has 0 aliphatic rings. The summed E-state index contributed by atoms with van der Waals surface area (Å²) >= 11 is 13.0. The lowest BCUT2D eigenvalue weighted by Gasteiger charge is -2.11. The van der Waals surface area contributed by atoms with E-state index in [1.165, 1.54) is 12.1 Å². The van der Waals surface area contributed by atoms with Gasteiger partial charge in [0.2, 0.25) is 0 Å². The molecule has 23 heavy (non-hydrogen) atoms.